The molecule has 11 nitrogen and oxygen atoms in total. The third-order valence-corrected chi connectivity index (χ3v) is 7.70. The summed E-state index contributed by atoms with van der Waals surface area (Å²) < 4.78 is 0. The Morgan fingerprint density at radius 3 is 2.47 bits per heavy atom. The average Bonchev–Trinajstić information content (AvgIpc) is 3.00. The molecule has 0 spiro atoms. The topological polar surface area (TPSA) is 142 Å². The molecule has 3 N–H and O–H groups in total. The Morgan fingerprint density at radius 2 is 1.70 bits per heavy atom. The van der Waals surface area contributed by atoms with Gasteiger partial charge in [0, 0.05) is 55.5 Å². The molecule has 1 aromatic heterocycles. The molecule has 1 aliphatic rings. The summed E-state index contributed by atoms with van der Waals surface area (Å²) >= 11 is 0. The van der Waals surface area contributed by atoms with E-state index in [0.717, 1.165) is 42.4 Å². The van der Waals surface area contributed by atoms with E-state index in [-0.39, 0.29) is 24.1 Å². The molecule has 0 radical (unpaired) electrons. The lowest BCUT2D eigenvalue weighted by molar-refractivity contribution is -0.384. The molecule has 2 amide bonds. The van der Waals surface area contributed by atoms with Gasteiger partial charge in [0.05, 0.1) is 16.9 Å². The average molecular weight is 582 g/mol. The molecule has 0 saturated heterocycles. The lowest BCUT2D eigenvalue weighted by Crippen LogP contribution is -2.35. The maximum absolute atomic E-state index is 13.0. The van der Waals surface area contributed by atoms with Crippen LogP contribution in [0.25, 0.3) is 10.9 Å². The smallest absolute Gasteiger partial charge is 0.271 e. The SMILES string of the molecule is CN(C)c1nc(N[C@H]2CC[C@@H](CNC(=O)Cc3ccccc3C(=O)Nc3cccc([N+](=O)[O-])c3)CC2)nc2ccccc12. The molecule has 1 saturated carbocycles. The number of hydrogen-bond donors (Lipinski definition) is 3. The largest absolute Gasteiger partial charge is 0.362 e. The van der Waals surface area contributed by atoms with Gasteiger partial charge < -0.3 is 20.9 Å². The van der Waals surface area contributed by atoms with Crippen molar-refractivity contribution < 1.29 is 14.5 Å². The Morgan fingerprint density at radius 1 is 0.953 bits per heavy atom. The van der Waals surface area contributed by atoms with Crippen LogP contribution in [0.4, 0.5) is 23.1 Å². The van der Waals surface area contributed by atoms with Crippen molar-refractivity contribution in [1.82, 2.24) is 15.3 Å². The van der Waals surface area contributed by atoms with E-state index >= 15 is 0 Å². The van der Waals surface area contributed by atoms with Crippen LogP contribution in [-0.4, -0.2) is 53.4 Å². The summed E-state index contributed by atoms with van der Waals surface area (Å²) in [4.78, 5) is 47.8. The standard InChI is InChI=1S/C32H35N7O4/c1-38(2)30-27-12-5-6-13-28(27)36-32(37-30)35-23-16-14-21(15-17-23)20-33-29(40)18-22-8-3-4-11-26(22)31(41)34-24-9-7-10-25(19-24)39(42)43/h3-13,19,21,23H,14-18,20H2,1-2H3,(H,33,40)(H,34,41)(H,35,36,37)/t21-,23+. The van der Waals surface area contributed by atoms with E-state index in [1.54, 1.807) is 30.3 Å². The Hall–Kier alpha value is -5.06. The summed E-state index contributed by atoms with van der Waals surface area (Å²) in [7, 11) is 3.96. The Bertz CT molecular complexity index is 1630. The number of fused-ring (bicyclic) bond motifs is 1. The minimum absolute atomic E-state index is 0.0585. The number of aromatic nitrogens is 2. The van der Waals surface area contributed by atoms with Crippen LogP contribution in [0, 0.1) is 16.0 Å². The number of rotatable bonds is 10. The number of benzene rings is 3. The van der Waals surface area contributed by atoms with Gasteiger partial charge in [-0.05, 0) is 61.4 Å². The van der Waals surface area contributed by atoms with Gasteiger partial charge in [-0.2, -0.15) is 4.98 Å². The van der Waals surface area contributed by atoms with E-state index in [9.17, 15) is 19.7 Å². The Kier molecular flexibility index (Phi) is 9.09. The van der Waals surface area contributed by atoms with Gasteiger partial charge in [0.25, 0.3) is 11.6 Å². The van der Waals surface area contributed by atoms with Gasteiger partial charge >= 0.3 is 0 Å². The first-order valence-electron chi connectivity index (χ1n) is 14.4. The van der Waals surface area contributed by atoms with Crippen LogP contribution < -0.4 is 20.9 Å². The molecule has 11 heteroatoms. The molecule has 0 unspecified atom stereocenters. The van der Waals surface area contributed by atoms with Crippen molar-refractivity contribution in [3.63, 3.8) is 0 Å². The van der Waals surface area contributed by atoms with Crippen LogP contribution in [0.3, 0.4) is 0 Å². The van der Waals surface area contributed by atoms with Gasteiger partial charge in [0.15, 0.2) is 0 Å². The number of para-hydroxylation sites is 1. The van der Waals surface area contributed by atoms with E-state index < -0.39 is 10.8 Å². The van der Waals surface area contributed by atoms with Gasteiger partial charge in [-0.15, -0.1) is 0 Å². The van der Waals surface area contributed by atoms with Crippen molar-refractivity contribution in [3.8, 4) is 0 Å². The molecular weight excluding hydrogens is 546 g/mol. The van der Waals surface area contributed by atoms with E-state index in [0.29, 0.717) is 35.2 Å². The van der Waals surface area contributed by atoms with Crippen molar-refractivity contribution in [1.29, 1.82) is 0 Å². The Labute approximate surface area is 249 Å². The number of carbonyl (C=O) groups excluding carboxylic acids is 2. The third kappa shape index (κ3) is 7.42. The molecule has 43 heavy (non-hydrogen) atoms. The van der Waals surface area contributed by atoms with Gasteiger partial charge in [0.1, 0.15) is 5.82 Å². The molecule has 1 aliphatic carbocycles. The predicted molar refractivity (Wildman–Crippen MR) is 167 cm³/mol. The van der Waals surface area contributed by atoms with E-state index in [1.807, 2.05) is 43.3 Å². The van der Waals surface area contributed by atoms with Crippen LogP contribution >= 0.6 is 0 Å². The number of amides is 2. The minimum atomic E-state index is -0.517. The van der Waals surface area contributed by atoms with Crippen LogP contribution in [0.2, 0.25) is 0 Å². The molecule has 222 valence electrons. The lowest BCUT2D eigenvalue weighted by atomic mass is 9.86. The molecule has 1 heterocycles. The van der Waals surface area contributed by atoms with E-state index in [1.165, 1.54) is 18.2 Å². The van der Waals surface area contributed by atoms with Crippen molar-refractivity contribution in [3.05, 3.63) is 94.0 Å². The van der Waals surface area contributed by atoms with Crippen LogP contribution in [0.5, 0.6) is 0 Å². The molecule has 0 bridgehead atoms. The van der Waals surface area contributed by atoms with E-state index in [4.69, 9.17) is 9.97 Å². The van der Waals surface area contributed by atoms with Crippen molar-refractivity contribution >= 4 is 45.9 Å². The maximum atomic E-state index is 13.0. The fraction of sp³-hybridized carbons (Fsp3) is 0.312. The minimum Gasteiger partial charge on any atom is -0.362 e. The second kappa shape index (κ2) is 13.3. The predicted octanol–water partition coefficient (Wildman–Crippen LogP) is 5.19. The third-order valence-electron chi connectivity index (χ3n) is 7.70. The number of nitrogens with one attached hydrogen (secondary N) is 3. The molecule has 3 aromatic carbocycles. The summed E-state index contributed by atoms with van der Waals surface area (Å²) in [6.45, 7) is 0.574. The summed E-state index contributed by atoms with van der Waals surface area (Å²) in [5.74, 6) is 1.30. The van der Waals surface area contributed by atoms with Gasteiger partial charge in [-0.25, -0.2) is 4.98 Å². The van der Waals surface area contributed by atoms with Gasteiger partial charge in [0.2, 0.25) is 11.9 Å². The van der Waals surface area contributed by atoms with Crippen molar-refractivity contribution in [2.75, 3.05) is 36.2 Å². The molecule has 4 aromatic rings. The fourth-order valence-electron chi connectivity index (χ4n) is 5.44. The number of nitrogens with zero attached hydrogens (tertiary/aromatic N) is 4. The molecule has 1 fully saturated rings. The Balaban J connectivity index is 1.11. The highest BCUT2D eigenvalue weighted by molar-refractivity contribution is 6.06. The zero-order chi connectivity index (χ0) is 30.3. The summed E-state index contributed by atoms with van der Waals surface area (Å²) in [5, 5.41) is 21.3. The fourth-order valence-corrected chi connectivity index (χ4v) is 5.44. The zero-order valence-corrected chi connectivity index (χ0v) is 24.2. The monoisotopic (exact) mass is 581 g/mol. The first kappa shape index (κ1) is 29.4. The van der Waals surface area contributed by atoms with Crippen LogP contribution in [-0.2, 0) is 11.2 Å². The number of carbonyl (C=O) groups is 2. The van der Waals surface area contributed by atoms with Crippen LogP contribution in [0.1, 0.15) is 41.6 Å². The number of non-ortho nitro benzene ring substituents is 1. The maximum Gasteiger partial charge on any atom is 0.271 e. The van der Waals surface area contributed by atoms with Gasteiger partial charge in [-0.3, -0.25) is 19.7 Å². The van der Waals surface area contributed by atoms with Crippen molar-refractivity contribution in [2.45, 2.75) is 38.1 Å². The molecule has 0 aliphatic heterocycles. The number of anilines is 3. The highest BCUT2D eigenvalue weighted by Gasteiger charge is 2.23. The molecule has 0 atom stereocenters. The summed E-state index contributed by atoms with van der Waals surface area (Å²) in [6.07, 6.45) is 3.90. The summed E-state index contributed by atoms with van der Waals surface area (Å²) in [5.41, 5.74) is 2.04. The van der Waals surface area contributed by atoms with Gasteiger partial charge in [-0.1, -0.05) is 36.4 Å². The van der Waals surface area contributed by atoms with Crippen molar-refractivity contribution in [2.24, 2.45) is 5.92 Å². The lowest BCUT2D eigenvalue weighted by Gasteiger charge is -2.29. The van der Waals surface area contributed by atoms with E-state index in [2.05, 4.69) is 16.0 Å². The summed E-state index contributed by atoms with van der Waals surface area (Å²) in [6, 6.07) is 20.9. The normalized spacial score (nSPS) is 16.3. The quantitative estimate of drug-likeness (QED) is 0.172. The first-order chi connectivity index (χ1) is 20.8. The van der Waals surface area contributed by atoms with Crippen LogP contribution in [0.15, 0.2) is 72.8 Å². The number of nitro groups is 1. The second-order valence-electron chi connectivity index (χ2n) is 11.0. The first-order valence-corrected chi connectivity index (χ1v) is 14.4. The zero-order valence-electron chi connectivity index (χ0n) is 24.2. The molecular formula is C32H35N7O4. The second-order valence-corrected chi connectivity index (χ2v) is 11.0. The number of hydrogen-bond acceptors (Lipinski definition) is 8. The number of nitro benzene ring substituents is 1. The highest BCUT2D eigenvalue weighted by Crippen LogP contribution is 2.28. The highest BCUT2D eigenvalue weighted by atomic mass is 16.6. The molecule has 5 rings (SSSR count).